The molecule has 2 aliphatic heterocycles. The Labute approximate surface area is 212 Å². The Morgan fingerprint density at radius 1 is 1.38 bits per heavy atom. The van der Waals surface area contributed by atoms with Gasteiger partial charge < -0.3 is 19.3 Å². The molecule has 1 fully saturated rings. The second-order valence-electron chi connectivity index (χ2n) is 7.99. The van der Waals surface area contributed by atoms with Crippen molar-refractivity contribution < 1.29 is 18.7 Å². The molecule has 1 aromatic carbocycles. The predicted octanol–water partition coefficient (Wildman–Crippen LogP) is 4.65. The van der Waals surface area contributed by atoms with Crippen molar-refractivity contribution in [3.8, 4) is 0 Å². The van der Waals surface area contributed by atoms with Crippen LogP contribution in [0, 0.1) is 5.82 Å². The molecule has 0 saturated carbocycles. The molecular weight excluding hydrogens is 523 g/mol. The minimum absolute atomic E-state index is 0.288. The summed E-state index contributed by atoms with van der Waals surface area (Å²) in [5, 5.41) is 2.71. The van der Waals surface area contributed by atoms with Crippen molar-refractivity contribution >= 4 is 39.1 Å². The molecule has 184 valence electrons. The van der Waals surface area contributed by atoms with Crippen LogP contribution in [-0.2, 0) is 14.3 Å². The van der Waals surface area contributed by atoms with Gasteiger partial charge in [-0.15, -0.1) is 11.3 Å². The number of fused-ring (bicyclic) bond motifs is 1. The zero-order valence-corrected chi connectivity index (χ0v) is 22.3. The van der Waals surface area contributed by atoms with Gasteiger partial charge in [0.25, 0.3) is 0 Å². The number of aliphatic imine (C=N–C) groups is 1. The van der Waals surface area contributed by atoms with Gasteiger partial charge in [0.2, 0.25) is 0 Å². The van der Waals surface area contributed by atoms with Gasteiger partial charge in [0.15, 0.2) is 10.8 Å². The molecule has 10 heteroatoms. The van der Waals surface area contributed by atoms with Crippen molar-refractivity contribution in [3.05, 3.63) is 61.9 Å². The van der Waals surface area contributed by atoms with Gasteiger partial charge in [-0.3, -0.25) is 4.99 Å². The maximum Gasteiger partial charge on any atom is 0.338 e. The molecule has 0 aliphatic carbocycles. The van der Waals surface area contributed by atoms with E-state index in [0.717, 1.165) is 54.6 Å². The number of rotatable bonds is 7. The zero-order chi connectivity index (χ0) is 24.7. The van der Waals surface area contributed by atoms with Crippen LogP contribution in [0.1, 0.15) is 36.4 Å². The lowest BCUT2D eigenvalue weighted by atomic mass is 9.94. The first-order chi connectivity index (χ1) is 16.4. The van der Waals surface area contributed by atoms with Crippen molar-refractivity contribution in [3.63, 3.8) is 0 Å². The van der Waals surface area contributed by atoms with Gasteiger partial charge >= 0.3 is 5.97 Å². The maximum absolute atomic E-state index is 13.6. The molecule has 1 aromatic heterocycles. The van der Waals surface area contributed by atoms with Crippen LogP contribution in [-0.4, -0.2) is 74.1 Å². The van der Waals surface area contributed by atoms with Gasteiger partial charge in [0.1, 0.15) is 11.9 Å². The van der Waals surface area contributed by atoms with Crippen LogP contribution in [0.3, 0.4) is 0 Å². The summed E-state index contributed by atoms with van der Waals surface area (Å²) in [5.41, 5.74) is 2.18. The number of halogens is 2. The third-order valence-electron chi connectivity index (χ3n) is 5.33. The van der Waals surface area contributed by atoms with E-state index in [0.29, 0.717) is 10.0 Å². The largest absolute Gasteiger partial charge is 0.463 e. The van der Waals surface area contributed by atoms with Crippen LogP contribution in [0.15, 0.2) is 50.5 Å². The quantitative estimate of drug-likeness (QED) is 0.465. The average Bonchev–Trinajstić information content (AvgIpc) is 3.50. The smallest absolute Gasteiger partial charge is 0.338 e. The predicted molar refractivity (Wildman–Crippen MR) is 136 cm³/mol. The molecule has 0 radical (unpaired) electrons. The summed E-state index contributed by atoms with van der Waals surface area (Å²) in [6.45, 7) is 4.69. The molecule has 4 rings (SSSR count). The molecule has 1 saturated heterocycles. The molecule has 0 bridgehead atoms. The topological polar surface area (TPSA) is 67.3 Å². The summed E-state index contributed by atoms with van der Waals surface area (Å²) in [5.74, 6) is 0.0349. The van der Waals surface area contributed by atoms with Crippen LogP contribution in [0.5, 0.6) is 0 Å². The van der Waals surface area contributed by atoms with E-state index in [1.807, 2.05) is 19.5 Å². The Kier molecular flexibility index (Phi) is 9.75. The third kappa shape index (κ3) is 6.29. The molecule has 34 heavy (non-hydrogen) atoms. The van der Waals surface area contributed by atoms with E-state index in [-0.39, 0.29) is 18.4 Å². The highest BCUT2D eigenvalue weighted by molar-refractivity contribution is 9.10. The normalized spacial score (nSPS) is 17.3. The van der Waals surface area contributed by atoms with Crippen LogP contribution in [0.4, 0.5) is 4.39 Å². The van der Waals surface area contributed by atoms with Crippen molar-refractivity contribution in [1.29, 1.82) is 0 Å². The number of esters is 1. The molecule has 2 aromatic rings. The van der Waals surface area contributed by atoms with Crippen molar-refractivity contribution in [2.24, 2.45) is 4.99 Å². The zero-order valence-electron chi connectivity index (χ0n) is 19.9. The van der Waals surface area contributed by atoms with Crippen LogP contribution in [0.2, 0.25) is 0 Å². The Morgan fingerprint density at radius 2 is 2.18 bits per heavy atom. The average molecular weight is 553 g/mol. The highest BCUT2D eigenvalue weighted by atomic mass is 79.9. The fourth-order valence-corrected chi connectivity index (χ4v) is 4.98. The Bertz CT molecular complexity index is 1040. The van der Waals surface area contributed by atoms with E-state index >= 15 is 0 Å². The monoisotopic (exact) mass is 552 g/mol. The first-order valence-electron chi connectivity index (χ1n) is 11.1. The van der Waals surface area contributed by atoms with Crippen molar-refractivity contribution in [1.82, 2.24) is 14.8 Å². The van der Waals surface area contributed by atoms with Crippen LogP contribution < -0.4 is 0 Å². The Morgan fingerprint density at radius 3 is 2.76 bits per heavy atom. The van der Waals surface area contributed by atoms with Crippen LogP contribution >= 0.6 is 27.3 Å². The van der Waals surface area contributed by atoms with Gasteiger partial charge in [0.05, 0.1) is 18.8 Å². The lowest BCUT2D eigenvalue weighted by molar-refractivity contribution is -0.139. The lowest BCUT2D eigenvalue weighted by Gasteiger charge is -2.31. The van der Waals surface area contributed by atoms with Gasteiger partial charge in [0, 0.05) is 41.9 Å². The number of amidine groups is 1. The number of hydrogen-bond acceptors (Lipinski definition) is 8. The summed E-state index contributed by atoms with van der Waals surface area (Å²) in [7, 11) is 5.77. The highest BCUT2D eigenvalue weighted by Gasteiger charge is 2.39. The second kappa shape index (κ2) is 12.5. The number of thiazole rings is 1. The molecule has 7 nitrogen and oxygen atoms in total. The van der Waals surface area contributed by atoms with Gasteiger partial charge in [-0.1, -0.05) is 22.0 Å². The number of ether oxygens (including phenoxy) is 2. The van der Waals surface area contributed by atoms with E-state index < -0.39 is 6.04 Å². The standard InChI is InChI=1S/C19H17BrFN3O2S.C5H13NO/c1-2-26-19(25)15-14-4-3-8-24(14)17(18-22-7-9-27-18)23-16(15)12-6-5-11(21)10-13(12)20;1-6(2)4-5-7-3/h5-7,9-10,16H,2-4,8H2,1H3;4-5H2,1-3H3. The third-order valence-corrected chi connectivity index (χ3v) is 6.79. The van der Waals surface area contributed by atoms with Crippen LogP contribution in [0.25, 0.3) is 0 Å². The Balaban J connectivity index is 0.000000406. The SMILES string of the molecule is CCOC(=O)C1=C2CCCN2C(c2nccs2)=NC1c1ccc(F)cc1Br.COCCN(C)C. The molecule has 0 amide bonds. The number of carbonyl (C=O) groups is 1. The Hall–Kier alpha value is -2.14. The van der Waals surface area contributed by atoms with Crippen molar-refractivity contribution in [2.45, 2.75) is 25.8 Å². The second-order valence-corrected chi connectivity index (χ2v) is 9.74. The van der Waals surface area contributed by atoms with E-state index in [2.05, 4.69) is 30.7 Å². The minimum Gasteiger partial charge on any atom is -0.463 e. The van der Waals surface area contributed by atoms with E-state index in [9.17, 15) is 9.18 Å². The molecule has 1 unspecified atom stereocenters. The van der Waals surface area contributed by atoms with Gasteiger partial charge in [-0.2, -0.15) is 0 Å². The molecular formula is C24H30BrFN4O3S. The molecule has 3 heterocycles. The number of carbonyl (C=O) groups excluding carboxylic acids is 1. The number of allylic oxidation sites excluding steroid dienone is 1. The summed E-state index contributed by atoms with van der Waals surface area (Å²) < 4.78 is 24.3. The van der Waals surface area contributed by atoms with Gasteiger partial charge in [-0.05, 0) is 51.6 Å². The number of benzene rings is 1. The fraction of sp³-hybridized carbons (Fsp3) is 0.458. The number of aromatic nitrogens is 1. The number of likely N-dealkylation sites (N-methyl/N-ethyl adjacent to an activating group) is 1. The lowest BCUT2D eigenvalue weighted by Crippen LogP contribution is -2.35. The summed E-state index contributed by atoms with van der Waals surface area (Å²) in [6, 6.07) is 3.87. The fourth-order valence-electron chi connectivity index (χ4n) is 3.77. The highest BCUT2D eigenvalue weighted by Crippen LogP contribution is 2.42. The first kappa shape index (κ1) is 26.5. The van der Waals surface area contributed by atoms with E-state index in [1.54, 1.807) is 26.3 Å². The summed E-state index contributed by atoms with van der Waals surface area (Å²) >= 11 is 4.94. The molecule has 1 atom stereocenters. The van der Waals surface area contributed by atoms with E-state index in [1.165, 1.54) is 23.5 Å². The molecule has 0 N–H and O–H groups in total. The van der Waals surface area contributed by atoms with Gasteiger partial charge in [-0.25, -0.2) is 14.2 Å². The minimum atomic E-state index is -0.567. The maximum atomic E-state index is 13.6. The van der Waals surface area contributed by atoms with Crippen molar-refractivity contribution in [2.75, 3.05) is 47.5 Å². The summed E-state index contributed by atoms with van der Waals surface area (Å²) in [4.78, 5) is 26.3. The molecule has 2 aliphatic rings. The number of methoxy groups -OCH3 is 1. The summed E-state index contributed by atoms with van der Waals surface area (Å²) in [6.07, 6.45) is 3.44. The number of nitrogens with zero attached hydrogens (tertiary/aromatic N) is 4. The molecule has 0 spiro atoms. The number of hydrogen-bond donors (Lipinski definition) is 0. The van der Waals surface area contributed by atoms with E-state index in [4.69, 9.17) is 14.5 Å². The first-order valence-corrected chi connectivity index (χ1v) is 12.8.